The zero-order chi connectivity index (χ0) is 12.9. The minimum atomic E-state index is 0.996. The Bertz CT molecular complexity index is 622. The van der Waals surface area contributed by atoms with Crippen LogP contribution < -0.4 is 0 Å². The lowest BCUT2D eigenvalue weighted by Gasteiger charge is -2.05. The molecule has 0 aliphatic rings. The first-order valence-corrected chi connectivity index (χ1v) is 6.60. The van der Waals surface area contributed by atoms with E-state index in [9.17, 15) is 0 Å². The fourth-order valence-electron chi connectivity index (χ4n) is 2.28. The van der Waals surface area contributed by atoms with Crippen molar-refractivity contribution < 1.29 is 0 Å². The topological polar surface area (TPSA) is 0 Å². The molecule has 0 aromatic heterocycles. The van der Waals surface area contributed by atoms with Crippen LogP contribution >= 0.6 is 0 Å². The molecule has 3 rings (SSSR count). The standard InChI is InChI=1S/C19H16/c1-3-7-16(8-4-1)15-17-11-13-19(14-12-17)18-9-5-2-6-10-18/h1-14H,15H2. The third-order valence-electron chi connectivity index (χ3n) is 3.31. The summed E-state index contributed by atoms with van der Waals surface area (Å²) in [5, 5.41) is 0. The van der Waals surface area contributed by atoms with E-state index in [1.54, 1.807) is 0 Å². The van der Waals surface area contributed by atoms with E-state index in [2.05, 4.69) is 78.9 Å². The normalized spacial score (nSPS) is 10.3. The van der Waals surface area contributed by atoms with Crippen LogP contribution in [0.2, 0.25) is 0 Å². The SMILES string of the molecule is c1ccc(Cc2ccc(-c3ccccc3)cc2)cc1. The van der Waals surface area contributed by atoms with E-state index in [1.165, 1.54) is 22.3 Å². The molecule has 0 unspecified atom stereocenters. The Morgan fingerprint density at radius 2 is 0.895 bits per heavy atom. The van der Waals surface area contributed by atoms with Gasteiger partial charge in [0.25, 0.3) is 0 Å². The van der Waals surface area contributed by atoms with E-state index >= 15 is 0 Å². The Kier molecular flexibility index (Phi) is 3.42. The van der Waals surface area contributed by atoms with Gasteiger partial charge in [0.05, 0.1) is 0 Å². The van der Waals surface area contributed by atoms with E-state index in [1.807, 2.05) is 6.07 Å². The van der Waals surface area contributed by atoms with Crippen LogP contribution in [0.15, 0.2) is 84.9 Å². The van der Waals surface area contributed by atoms with Gasteiger partial charge < -0.3 is 0 Å². The molecule has 0 nitrogen and oxygen atoms in total. The number of benzene rings is 3. The molecule has 3 aromatic carbocycles. The molecule has 0 bridgehead atoms. The third kappa shape index (κ3) is 2.92. The number of hydrogen-bond donors (Lipinski definition) is 0. The molecule has 0 N–H and O–H groups in total. The Morgan fingerprint density at radius 3 is 1.53 bits per heavy atom. The lowest BCUT2D eigenvalue weighted by molar-refractivity contribution is 1.19. The highest BCUT2D eigenvalue weighted by atomic mass is 14.0. The first-order chi connectivity index (χ1) is 9.42. The van der Waals surface area contributed by atoms with Gasteiger partial charge in [0.1, 0.15) is 0 Å². The molecule has 0 spiro atoms. The van der Waals surface area contributed by atoms with Gasteiger partial charge in [0.15, 0.2) is 0 Å². The zero-order valence-electron chi connectivity index (χ0n) is 10.8. The molecule has 0 fully saturated rings. The van der Waals surface area contributed by atoms with Gasteiger partial charge in [0, 0.05) is 0 Å². The van der Waals surface area contributed by atoms with Gasteiger partial charge >= 0.3 is 0 Å². The molecule has 92 valence electrons. The number of hydrogen-bond acceptors (Lipinski definition) is 0. The van der Waals surface area contributed by atoms with Gasteiger partial charge in [-0.3, -0.25) is 0 Å². The van der Waals surface area contributed by atoms with Gasteiger partial charge in [-0.25, -0.2) is 0 Å². The van der Waals surface area contributed by atoms with Crippen molar-refractivity contribution in [2.45, 2.75) is 6.42 Å². The van der Waals surface area contributed by atoms with E-state index in [-0.39, 0.29) is 0 Å². The van der Waals surface area contributed by atoms with Crippen LogP contribution in [-0.2, 0) is 6.42 Å². The molecule has 3 aromatic rings. The van der Waals surface area contributed by atoms with Gasteiger partial charge in [-0.05, 0) is 28.7 Å². The smallest absolute Gasteiger partial charge is 0.00258 e. The molecule has 0 heteroatoms. The lowest BCUT2D eigenvalue weighted by atomic mass is 10.0. The van der Waals surface area contributed by atoms with Crippen molar-refractivity contribution in [3.63, 3.8) is 0 Å². The van der Waals surface area contributed by atoms with Crippen molar-refractivity contribution in [1.82, 2.24) is 0 Å². The Labute approximate surface area is 114 Å². The molecule has 0 atom stereocenters. The first kappa shape index (κ1) is 11.7. The van der Waals surface area contributed by atoms with Crippen LogP contribution in [0.25, 0.3) is 11.1 Å². The van der Waals surface area contributed by atoms with Crippen molar-refractivity contribution in [2.75, 3.05) is 0 Å². The second kappa shape index (κ2) is 5.53. The predicted molar refractivity (Wildman–Crippen MR) is 81.1 cm³/mol. The summed E-state index contributed by atoms with van der Waals surface area (Å²) in [7, 11) is 0. The van der Waals surface area contributed by atoms with Crippen LogP contribution in [0.3, 0.4) is 0 Å². The summed E-state index contributed by atoms with van der Waals surface area (Å²) >= 11 is 0. The maximum Gasteiger partial charge on any atom is -0.00258 e. The van der Waals surface area contributed by atoms with Crippen LogP contribution in [0.5, 0.6) is 0 Å². The van der Waals surface area contributed by atoms with Gasteiger partial charge in [-0.15, -0.1) is 0 Å². The average Bonchev–Trinajstić information content (AvgIpc) is 2.50. The minimum absolute atomic E-state index is 0.996. The molecule has 0 amide bonds. The van der Waals surface area contributed by atoms with Crippen molar-refractivity contribution in [2.24, 2.45) is 0 Å². The van der Waals surface area contributed by atoms with Crippen molar-refractivity contribution in [3.8, 4) is 11.1 Å². The summed E-state index contributed by atoms with van der Waals surface area (Å²) in [4.78, 5) is 0. The van der Waals surface area contributed by atoms with Crippen molar-refractivity contribution >= 4 is 0 Å². The molecular formula is C19H16. The Hall–Kier alpha value is -2.34. The van der Waals surface area contributed by atoms with Crippen LogP contribution in [-0.4, -0.2) is 0 Å². The van der Waals surface area contributed by atoms with E-state index in [0.717, 1.165) is 6.42 Å². The zero-order valence-corrected chi connectivity index (χ0v) is 10.8. The molecule has 0 aliphatic heterocycles. The fraction of sp³-hybridized carbons (Fsp3) is 0.0526. The molecular weight excluding hydrogens is 228 g/mol. The highest BCUT2D eigenvalue weighted by Gasteiger charge is 1.98. The van der Waals surface area contributed by atoms with E-state index in [4.69, 9.17) is 0 Å². The minimum Gasteiger partial charge on any atom is -0.0622 e. The van der Waals surface area contributed by atoms with Crippen LogP contribution in [0.4, 0.5) is 0 Å². The predicted octanol–water partition coefficient (Wildman–Crippen LogP) is 4.94. The summed E-state index contributed by atoms with van der Waals surface area (Å²) in [6.07, 6.45) is 0.996. The second-order valence-corrected chi connectivity index (χ2v) is 4.73. The lowest BCUT2D eigenvalue weighted by Crippen LogP contribution is -1.87. The monoisotopic (exact) mass is 244 g/mol. The largest absolute Gasteiger partial charge is 0.0622 e. The summed E-state index contributed by atoms with van der Waals surface area (Å²) in [6.45, 7) is 0. The molecule has 0 radical (unpaired) electrons. The van der Waals surface area contributed by atoms with Crippen molar-refractivity contribution in [3.05, 3.63) is 96.1 Å². The summed E-state index contributed by atoms with van der Waals surface area (Å²) in [5.74, 6) is 0. The average molecular weight is 244 g/mol. The van der Waals surface area contributed by atoms with Crippen LogP contribution in [0.1, 0.15) is 11.1 Å². The summed E-state index contributed by atoms with van der Waals surface area (Å²) in [5.41, 5.74) is 5.26. The Morgan fingerprint density at radius 1 is 0.421 bits per heavy atom. The summed E-state index contributed by atoms with van der Waals surface area (Å²) in [6, 6.07) is 29.9. The first-order valence-electron chi connectivity index (χ1n) is 6.60. The van der Waals surface area contributed by atoms with Gasteiger partial charge in [-0.1, -0.05) is 84.9 Å². The highest BCUT2D eigenvalue weighted by Crippen LogP contribution is 2.20. The van der Waals surface area contributed by atoms with Crippen molar-refractivity contribution in [1.29, 1.82) is 0 Å². The van der Waals surface area contributed by atoms with E-state index < -0.39 is 0 Å². The van der Waals surface area contributed by atoms with Crippen LogP contribution in [0, 0.1) is 0 Å². The molecule has 0 heterocycles. The molecule has 0 saturated carbocycles. The number of rotatable bonds is 3. The van der Waals surface area contributed by atoms with Gasteiger partial charge in [0.2, 0.25) is 0 Å². The third-order valence-corrected chi connectivity index (χ3v) is 3.31. The second-order valence-electron chi connectivity index (χ2n) is 4.73. The summed E-state index contributed by atoms with van der Waals surface area (Å²) < 4.78 is 0. The molecule has 0 saturated heterocycles. The fourth-order valence-corrected chi connectivity index (χ4v) is 2.28. The van der Waals surface area contributed by atoms with Gasteiger partial charge in [-0.2, -0.15) is 0 Å². The quantitative estimate of drug-likeness (QED) is 0.612. The van der Waals surface area contributed by atoms with E-state index in [0.29, 0.717) is 0 Å². The highest BCUT2D eigenvalue weighted by molar-refractivity contribution is 5.63. The molecule has 19 heavy (non-hydrogen) atoms. The maximum absolute atomic E-state index is 2.22. The molecule has 0 aliphatic carbocycles. The Balaban J connectivity index is 1.80. The maximum atomic E-state index is 2.22.